The maximum Gasteiger partial charge on any atom is 0.276 e. The molecule has 0 saturated carbocycles. The Balaban J connectivity index is 2.23. The van der Waals surface area contributed by atoms with Gasteiger partial charge in [-0.25, -0.2) is 4.83 Å². The largest absolute Gasteiger partial charge is 0.276 e. The van der Waals surface area contributed by atoms with Crippen LogP contribution < -0.4 is 4.83 Å². The number of nitro groups is 1. The summed E-state index contributed by atoms with van der Waals surface area (Å²) >= 11 is 0. The van der Waals surface area contributed by atoms with Gasteiger partial charge >= 0.3 is 0 Å². The molecular formula is C16H17N3O4S. The first-order valence-electron chi connectivity index (χ1n) is 7.08. The Morgan fingerprint density at radius 1 is 1.08 bits per heavy atom. The summed E-state index contributed by atoms with van der Waals surface area (Å²) in [4.78, 5) is 12.7. The van der Waals surface area contributed by atoms with Gasteiger partial charge in [-0.15, -0.1) is 0 Å². The lowest BCUT2D eigenvalue weighted by molar-refractivity contribution is -0.385. The second kappa shape index (κ2) is 6.79. The van der Waals surface area contributed by atoms with Crippen molar-refractivity contribution in [3.8, 4) is 0 Å². The Labute approximate surface area is 140 Å². The number of sulfonamides is 1. The average molecular weight is 347 g/mol. The molecule has 2 aromatic carbocycles. The molecule has 0 atom stereocenters. The van der Waals surface area contributed by atoms with Gasteiger partial charge in [0.2, 0.25) is 0 Å². The molecule has 1 N–H and O–H groups in total. The van der Waals surface area contributed by atoms with E-state index in [1.807, 2.05) is 6.07 Å². The third-order valence-electron chi connectivity index (χ3n) is 3.45. The zero-order valence-corrected chi connectivity index (χ0v) is 14.3. The Hall–Kier alpha value is -2.74. The van der Waals surface area contributed by atoms with Gasteiger partial charge in [-0.2, -0.15) is 13.5 Å². The summed E-state index contributed by atoms with van der Waals surface area (Å²) in [6.07, 6.45) is 1.23. The molecule has 0 unspecified atom stereocenters. The Bertz CT molecular complexity index is 921. The highest BCUT2D eigenvalue weighted by molar-refractivity contribution is 7.89. The van der Waals surface area contributed by atoms with E-state index in [2.05, 4.69) is 9.93 Å². The van der Waals surface area contributed by atoms with Crippen molar-refractivity contribution in [3.63, 3.8) is 0 Å². The fraction of sp³-hybridized carbons (Fsp3) is 0.188. The minimum atomic E-state index is -3.80. The van der Waals surface area contributed by atoms with Gasteiger partial charge in [0.25, 0.3) is 15.7 Å². The molecule has 2 aromatic rings. The van der Waals surface area contributed by atoms with Crippen molar-refractivity contribution < 1.29 is 13.3 Å². The van der Waals surface area contributed by atoms with E-state index in [0.29, 0.717) is 16.7 Å². The van der Waals surface area contributed by atoms with Gasteiger partial charge in [-0.3, -0.25) is 10.1 Å². The SMILES string of the molecule is Cc1ccc(C)c(S(=O)(=O)N/N=C\c2ccc(C)c([N+](=O)[O-])c2)c1. The molecule has 0 amide bonds. The molecule has 2 rings (SSSR count). The van der Waals surface area contributed by atoms with E-state index in [4.69, 9.17) is 0 Å². The van der Waals surface area contributed by atoms with Crippen LogP contribution in [0.2, 0.25) is 0 Å². The summed E-state index contributed by atoms with van der Waals surface area (Å²) < 4.78 is 24.6. The van der Waals surface area contributed by atoms with E-state index in [9.17, 15) is 18.5 Å². The minimum Gasteiger partial charge on any atom is -0.258 e. The third kappa shape index (κ3) is 3.96. The number of hydrazone groups is 1. The number of nitrogens with zero attached hydrogens (tertiary/aromatic N) is 2. The molecule has 0 bridgehead atoms. The first-order chi connectivity index (χ1) is 11.2. The Morgan fingerprint density at radius 2 is 1.75 bits per heavy atom. The molecule has 0 saturated heterocycles. The van der Waals surface area contributed by atoms with Crippen LogP contribution >= 0.6 is 0 Å². The van der Waals surface area contributed by atoms with Gasteiger partial charge in [0, 0.05) is 17.2 Å². The fourth-order valence-corrected chi connectivity index (χ4v) is 3.24. The molecule has 0 spiro atoms. The molecule has 24 heavy (non-hydrogen) atoms. The molecule has 0 fully saturated rings. The van der Waals surface area contributed by atoms with Crippen LogP contribution in [0.15, 0.2) is 46.4 Å². The van der Waals surface area contributed by atoms with Crippen LogP contribution in [0.4, 0.5) is 5.69 Å². The van der Waals surface area contributed by atoms with E-state index in [1.165, 1.54) is 12.3 Å². The Morgan fingerprint density at radius 3 is 2.42 bits per heavy atom. The molecule has 0 aliphatic rings. The van der Waals surface area contributed by atoms with Gasteiger partial charge in [-0.1, -0.05) is 24.3 Å². The summed E-state index contributed by atoms with van der Waals surface area (Å²) in [5, 5.41) is 14.6. The molecule has 126 valence electrons. The van der Waals surface area contributed by atoms with Crippen molar-refractivity contribution in [1.82, 2.24) is 4.83 Å². The smallest absolute Gasteiger partial charge is 0.258 e. The lowest BCUT2D eigenvalue weighted by Gasteiger charge is -2.07. The standard InChI is InChI=1S/C16H17N3O4S/c1-11-4-5-13(3)16(8-11)24(22,23)18-17-10-14-7-6-12(2)15(9-14)19(20)21/h4-10,18H,1-3H3/b17-10-. The normalized spacial score (nSPS) is 11.6. The summed E-state index contributed by atoms with van der Waals surface area (Å²) in [5.74, 6) is 0. The summed E-state index contributed by atoms with van der Waals surface area (Å²) in [6.45, 7) is 5.12. The van der Waals surface area contributed by atoms with Crippen LogP contribution in [-0.2, 0) is 10.0 Å². The van der Waals surface area contributed by atoms with Crippen molar-refractivity contribution in [1.29, 1.82) is 0 Å². The molecular weight excluding hydrogens is 330 g/mol. The Kier molecular flexibility index (Phi) is 4.99. The summed E-state index contributed by atoms with van der Waals surface area (Å²) in [6, 6.07) is 9.64. The first-order valence-corrected chi connectivity index (χ1v) is 8.56. The van der Waals surface area contributed by atoms with Gasteiger partial charge in [-0.05, 0) is 38.0 Å². The maximum absolute atomic E-state index is 12.3. The predicted molar refractivity (Wildman–Crippen MR) is 91.7 cm³/mol. The highest BCUT2D eigenvalue weighted by Gasteiger charge is 2.16. The zero-order chi connectivity index (χ0) is 17.9. The topological polar surface area (TPSA) is 102 Å². The van der Waals surface area contributed by atoms with Crippen LogP contribution in [0.5, 0.6) is 0 Å². The van der Waals surface area contributed by atoms with E-state index in [0.717, 1.165) is 5.56 Å². The highest BCUT2D eigenvalue weighted by atomic mass is 32.2. The van der Waals surface area contributed by atoms with Crippen molar-refractivity contribution in [3.05, 3.63) is 68.8 Å². The van der Waals surface area contributed by atoms with E-state index in [1.54, 1.807) is 45.0 Å². The first kappa shape index (κ1) is 17.6. The van der Waals surface area contributed by atoms with Gasteiger partial charge in [0.1, 0.15) is 0 Å². The number of hydrogen-bond acceptors (Lipinski definition) is 5. The lowest BCUT2D eigenvalue weighted by atomic mass is 10.1. The number of benzene rings is 2. The second-order valence-electron chi connectivity index (χ2n) is 5.42. The number of nitrogens with one attached hydrogen (secondary N) is 1. The molecule has 0 aliphatic heterocycles. The maximum atomic E-state index is 12.3. The van der Waals surface area contributed by atoms with Crippen LogP contribution in [0.25, 0.3) is 0 Å². The van der Waals surface area contributed by atoms with Crippen molar-refractivity contribution in [2.45, 2.75) is 25.7 Å². The third-order valence-corrected chi connectivity index (χ3v) is 4.81. The van der Waals surface area contributed by atoms with Gasteiger partial charge < -0.3 is 0 Å². The van der Waals surface area contributed by atoms with Gasteiger partial charge in [0.15, 0.2) is 0 Å². The number of nitro benzene ring substituents is 1. The molecule has 0 aliphatic carbocycles. The van der Waals surface area contributed by atoms with Crippen LogP contribution in [-0.4, -0.2) is 19.6 Å². The molecule has 0 aromatic heterocycles. The minimum absolute atomic E-state index is 0.0451. The number of hydrogen-bond donors (Lipinski definition) is 1. The fourth-order valence-electron chi connectivity index (χ4n) is 2.12. The van der Waals surface area contributed by atoms with E-state index < -0.39 is 14.9 Å². The van der Waals surface area contributed by atoms with Crippen LogP contribution in [0.3, 0.4) is 0 Å². The van der Waals surface area contributed by atoms with Gasteiger partial charge in [0.05, 0.1) is 16.0 Å². The highest BCUT2D eigenvalue weighted by Crippen LogP contribution is 2.19. The monoisotopic (exact) mass is 347 g/mol. The molecule has 0 heterocycles. The average Bonchev–Trinajstić information content (AvgIpc) is 2.50. The van der Waals surface area contributed by atoms with Crippen molar-refractivity contribution >= 4 is 21.9 Å². The zero-order valence-electron chi connectivity index (χ0n) is 13.5. The van der Waals surface area contributed by atoms with Crippen molar-refractivity contribution in [2.24, 2.45) is 5.10 Å². The molecule has 0 radical (unpaired) electrons. The van der Waals surface area contributed by atoms with E-state index >= 15 is 0 Å². The number of aryl methyl sites for hydroxylation is 3. The summed E-state index contributed by atoms with van der Waals surface area (Å²) in [5.41, 5.74) is 2.33. The van der Waals surface area contributed by atoms with Crippen molar-refractivity contribution in [2.75, 3.05) is 0 Å². The second-order valence-corrected chi connectivity index (χ2v) is 7.05. The molecule has 8 heteroatoms. The number of rotatable bonds is 5. The predicted octanol–water partition coefficient (Wildman–Crippen LogP) is 2.83. The lowest BCUT2D eigenvalue weighted by Crippen LogP contribution is -2.19. The van der Waals surface area contributed by atoms with Crippen LogP contribution in [0, 0.1) is 30.9 Å². The van der Waals surface area contributed by atoms with Crippen LogP contribution in [0.1, 0.15) is 22.3 Å². The van der Waals surface area contributed by atoms with E-state index in [-0.39, 0.29) is 10.6 Å². The quantitative estimate of drug-likeness (QED) is 0.510. The molecule has 7 nitrogen and oxygen atoms in total. The summed E-state index contributed by atoms with van der Waals surface area (Å²) in [7, 11) is -3.80.